The summed E-state index contributed by atoms with van der Waals surface area (Å²) in [6.45, 7) is 5.55. The van der Waals surface area contributed by atoms with Crippen LogP contribution in [0, 0.1) is 12.8 Å². The van der Waals surface area contributed by atoms with E-state index in [4.69, 9.17) is 11.6 Å². The van der Waals surface area contributed by atoms with Crippen molar-refractivity contribution in [3.63, 3.8) is 0 Å². The van der Waals surface area contributed by atoms with Gasteiger partial charge in [0.15, 0.2) is 0 Å². The third kappa shape index (κ3) is 4.56. The number of likely N-dealkylation sites (tertiary alicyclic amines) is 1. The molecular formula is C23H25ClN4O3S. The number of piperidine rings is 1. The van der Waals surface area contributed by atoms with Crippen LogP contribution < -0.4 is 10.9 Å². The Bertz CT molecular complexity index is 1240. The zero-order valence-corrected chi connectivity index (χ0v) is 19.6. The maximum absolute atomic E-state index is 13.1. The number of aryl methyl sites for hydroxylation is 1. The third-order valence-electron chi connectivity index (χ3n) is 5.84. The summed E-state index contributed by atoms with van der Waals surface area (Å²) < 4.78 is 1.34. The molecule has 4 rings (SSSR count). The highest BCUT2D eigenvalue weighted by Gasteiger charge is 2.23. The van der Waals surface area contributed by atoms with Crippen molar-refractivity contribution in [3.8, 4) is 0 Å². The smallest absolute Gasteiger partial charge is 0.262 e. The van der Waals surface area contributed by atoms with Crippen LogP contribution in [0.15, 0.2) is 35.4 Å². The summed E-state index contributed by atoms with van der Waals surface area (Å²) in [6, 6.07) is 7.31. The van der Waals surface area contributed by atoms with Gasteiger partial charge in [0.25, 0.3) is 11.5 Å². The van der Waals surface area contributed by atoms with Gasteiger partial charge in [-0.3, -0.25) is 19.0 Å². The van der Waals surface area contributed by atoms with Gasteiger partial charge in [-0.05, 0) is 42.9 Å². The quantitative estimate of drug-likeness (QED) is 0.614. The van der Waals surface area contributed by atoms with Gasteiger partial charge in [-0.1, -0.05) is 36.7 Å². The van der Waals surface area contributed by atoms with Gasteiger partial charge in [0, 0.05) is 24.7 Å². The van der Waals surface area contributed by atoms with Gasteiger partial charge in [0.05, 0.1) is 16.6 Å². The van der Waals surface area contributed by atoms with Crippen LogP contribution in [-0.2, 0) is 17.9 Å². The molecular weight excluding hydrogens is 448 g/mol. The van der Waals surface area contributed by atoms with Crippen LogP contribution in [-0.4, -0.2) is 39.4 Å². The number of amides is 2. The Morgan fingerprint density at radius 3 is 2.84 bits per heavy atom. The first-order chi connectivity index (χ1) is 15.3. The fourth-order valence-electron chi connectivity index (χ4n) is 4.05. The fraction of sp³-hybridized carbons (Fsp3) is 0.391. The number of carbonyl (C=O) groups is 2. The van der Waals surface area contributed by atoms with E-state index in [1.165, 1.54) is 22.2 Å². The van der Waals surface area contributed by atoms with Gasteiger partial charge in [0.1, 0.15) is 11.4 Å². The molecule has 1 aliphatic rings. The van der Waals surface area contributed by atoms with Crippen molar-refractivity contribution in [1.29, 1.82) is 0 Å². The zero-order valence-electron chi connectivity index (χ0n) is 18.1. The number of nitrogens with zero attached hydrogens (tertiary/aromatic N) is 3. The molecule has 1 atom stereocenters. The molecule has 1 N–H and O–H groups in total. The lowest BCUT2D eigenvalue weighted by Gasteiger charge is -2.31. The monoisotopic (exact) mass is 472 g/mol. The number of halogens is 1. The van der Waals surface area contributed by atoms with E-state index in [-0.39, 0.29) is 30.5 Å². The maximum atomic E-state index is 13.1. The van der Waals surface area contributed by atoms with E-state index in [9.17, 15) is 14.4 Å². The lowest BCUT2D eigenvalue weighted by Crippen LogP contribution is -2.42. The molecule has 3 heterocycles. The van der Waals surface area contributed by atoms with E-state index in [0.29, 0.717) is 31.6 Å². The minimum Gasteiger partial charge on any atom is -0.347 e. The Balaban J connectivity index is 1.54. The molecule has 9 heteroatoms. The molecule has 32 heavy (non-hydrogen) atoms. The fourth-order valence-corrected chi connectivity index (χ4v) is 5.31. The van der Waals surface area contributed by atoms with E-state index >= 15 is 0 Å². The highest BCUT2D eigenvalue weighted by atomic mass is 35.5. The van der Waals surface area contributed by atoms with Crippen molar-refractivity contribution in [2.24, 2.45) is 5.92 Å². The number of hydrogen-bond donors (Lipinski definition) is 1. The van der Waals surface area contributed by atoms with Gasteiger partial charge in [-0.25, -0.2) is 4.98 Å². The Labute approximate surface area is 195 Å². The minimum atomic E-state index is -0.299. The van der Waals surface area contributed by atoms with E-state index < -0.39 is 0 Å². The van der Waals surface area contributed by atoms with Crippen molar-refractivity contribution in [1.82, 2.24) is 19.8 Å². The van der Waals surface area contributed by atoms with Crippen molar-refractivity contribution in [2.45, 2.75) is 39.8 Å². The number of carbonyl (C=O) groups excluding carboxylic acids is 2. The zero-order chi connectivity index (χ0) is 22.8. The summed E-state index contributed by atoms with van der Waals surface area (Å²) >= 11 is 7.34. The molecule has 0 unspecified atom stereocenters. The first kappa shape index (κ1) is 22.5. The van der Waals surface area contributed by atoms with Crippen LogP contribution in [0.3, 0.4) is 0 Å². The maximum Gasteiger partial charge on any atom is 0.262 e. The molecule has 7 nitrogen and oxygen atoms in total. The van der Waals surface area contributed by atoms with Gasteiger partial charge >= 0.3 is 0 Å². The summed E-state index contributed by atoms with van der Waals surface area (Å²) in [7, 11) is 0. The van der Waals surface area contributed by atoms with Crippen molar-refractivity contribution < 1.29 is 9.59 Å². The lowest BCUT2D eigenvalue weighted by molar-refractivity contribution is -0.133. The van der Waals surface area contributed by atoms with Crippen LogP contribution in [0.5, 0.6) is 0 Å². The van der Waals surface area contributed by atoms with Gasteiger partial charge < -0.3 is 10.2 Å². The Hall–Kier alpha value is -2.71. The molecule has 0 aliphatic carbocycles. The largest absolute Gasteiger partial charge is 0.347 e. The molecule has 0 bridgehead atoms. The standard InChI is InChI=1S/C23H25ClN4O3S/c1-14-6-5-9-27(11-14)18(29)12-28-13-26-22-19(23(28)31)15(2)20(32-22)21(30)25-10-16-7-3-4-8-17(16)24/h3-4,7-8,13-14H,5-6,9-12H2,1-2H3,(H,25,30)/t14-/m1/s1. The first-order valence-corrected chi connectivity index (χ1v) is 11.8. The average molecular weight is 473 g/mol. The predicted molar refractivity (Wildman–Crippen MR) is 126 cm³/mol. The Kier molecular flexibility index (Phi) is 6.62. The molecule has 1 aromatic carbocycles. The second-order valence-corrected chi connectivity index (χ2v) is 9.68. The van der Waals surface area contributed by atoms with E-state index in [1.807, 2.05) is 23.1 Å². The minimum absolute atomic E-state index is 0.0438. The van der Waals surface area contributed by atoms with Crippen molar-refractivity contribution >= 4 is 45.0 Å². The molecule has 0 spiro atoms. The number of nitrogens with one attached hydrogen (secondary N) is 1. The summed E-state index contributed by atoms with van der Waals surface area (Å²) in [5.74, 6) is 0.108. The number of benzene rings is 1. The summed E-state index contributed by atoms with van der Waals surface area (Å²) in [5.41, 5.74) is 1.09. The van der Waals surface area contributed by atoms with Crippen molar-refractivity contribution in [3.05, 3.63) is 62.0 Å². The number of aromatic nitrogens is 2. The topological polar surface area (TPSA) is 84.3 Å². The molecule has 0 radical (unpaired) electrons. The van der Waals surface area contributed by atoms with Crippen LogP contribution in [0.25, 0.3) is 10.2 Å². The second-order valence-electron chi connectivity index (χ2n) is 8.28. The molecule has 168 valence electrons. The van der Waals surface area contributed by atoms with Crippen molar-refractivity contribution in [2.75, 3.05) is 13.1 Å². The highest BCUT2D eigenvalue weighted by Crippen LogP contribution is 2.27. The molecule has 2 aromatic heterocycles. The predicted octanol–water partition coefficient (Wildman–Crippen LogP) is 3.61. The molecule has 1 aliphatic heterocycles. The Morgan fingerprint density at radius 1 is 1.31 bits per heavy atom. The molecule has 1 saturated heterocycles. The summed E-state index contributed by atoms with van der Waals surface area (Å²) in [6.07, 6.45) is 3.50. The number of fused-ring (bicyclic) bond motifs is 1. The average Bonchev–Trinajstić information content (AvgIpc) is 3.12. The van der Waals surface area contributed by atoms with Crippen LogP contribution in [0.2, 0.25) is 5.02 Å². The molecule has 0 saturated carbocycles. The third-order valence-corrected chi connectivity index (χ3v) is 7.40. The lowest BCUT2D eigenvalue weighted by atomic mass is 10.0. The van der Waals surface area contributed by atoms with E-state index in [0.717, 1.165) is 31.5 Å². The van der Waals surface area contributed by atoms with Crippen LogP contribution in [0.1, 0.15) is 40.6 Å². The highest BCUT2D eigenvalue weighted by molar-refractivity contribution is 7.20. The normalized spacial score (nSPS) is 16.3. The molecule has 2 amide bonds. The summed E-state index contributed by atoms with van der Waals surface area (Å²) in [5, 5.41) is 3.83. The van der Waals surface area contributed by atoms with Gasteiger partial charge in [-0.2, -0.15) is 0 Å². The summed E-state index contributed by atoms with van der Waals surface area (Å²) in [4.78, 5) is 45.7. The van der Waals surface area contributed by atoms with E-state index in [2.05, 4.69) is 17.2 Å². The molecule has 1 fully saturated rings. The molecule has 3 aromatic rings. The number of rotatable bonds is 5. The van der Waals surface area contributed by atoms with Crippen LogP contribution >= 0.6 is 22.9 Å². The van der Waals surface area contributed by atoms with Gasteiger partial charge in [-0.15, -0.1) is 11.3 Å². The van der Waals surface area contributed by atoms with Gasteiger partial charge in [0.2, 0.25) is 5.91 Å². The number of thiophene rings is 1. The second kappa shape index (κ2) is 9.42. The van der Waals surface area contributed by atoms with Crippen LogP contribution in [0.4, 0.5) is 0 Å². The van der Waals surface area contributed by atoms with E-state index in [1.54, 1.807) is 13.0 Å². The first-order valence-electron chi connectivity index (χ1n) is 10.6. The Morgan fingerprint density at radius 2 is 2.09 bits per heavy atom. The SMILES string of the molecule is Cc1c(C(=O)NCc2ccccc2Cl)sc2ncn(CC(=O)N3CCC[C@@H](C)C3)c(=O)c12. The number of hydrogen-bond acceptors (Lipinski definition) is 5.